The highest BCUT2D eigenvalue weighted by molar-refractivity contribution is 5.74. The van der Waals surface area contributed by atoms with E-state index < -0.39 is 0 Å². The van der Waals surface area contributed by atoms with Crippen molar-refractivity contribution in [3.63, 3.8) is 0 Å². The van der Waals surface area contributed by atoms with Gasteiger partial charge in [0, 0.05) is 50.5 Å². The molecule has 2 aromatic rings. The maximum Gasteiger partial charge on any atom is 0.317 e. The normalized spacial score (nSPS) is 15.6. The predicted octanol–water partition coefficient (Wildman–Crippen LogP) is 1.92. The number of aromatic nitrogens is 2. The van der Waals surface area contributed by atoms with Gasteiger partial charge in [0.2, 0.25) is 0 Å². The van der Waals surface area contributed by atoms with Crippen LogP contribution >= 0.6 is 0 Å². The lowest BCUT2D eigenvalue weighted by Crippen LogP contribution is -2.51. The number of urea groups is 1. The summed E-state index contributed by atoms with van der Waals surface area (Å²) in [6, 6.07) is 12.3. The van der Waals surface area contributed by atoms with E-state index in [9.17, 15) is 4.79 Å². The van der Waals surface area contributed by atoms with Crippen LogP contribution in [0.4, 0.5) is 4.79 Å². The Morgan fingerprint density at radius 3 is 2.65 bits per heavy atom. The molecule has 1 aromatic carbocycles. The fourth-order valence-corrected chi connectivity index (χ4v) is 2.81. The van der Waals surface area contributed by atoms with Crippen molar-refractivity contribution < 1.29 is 4.79 Å². The summed E-state index contributed by atoms with van der Waals surface area (Å²) >= 11 is 0. The Bertz CT molecular complexity index is 631. The van der Waals surface area contributed by atoms with E-state index in [2.05, 4.69) is 38.6 Å². The van der Waals surface area contributed by atoms with Gasteiger partial charge in [-0.2, -0.15) is 5.10 Å². The Kier molecular flexibility index (Phi) is 4.92. The number of nitrogens with zero attached hydrogens (tertiary/aromatic N) is 3. The van der Waals surface area contributed by atoms with Gasteiger partial charge in [0.25, 0.3) is 0 Å². The predicted molar refractivity (Wildman–Crippen MR) is 89.9 cm³/mol. The van der Waals surface area contributed by atoms with Crippen molar-refractivity contribution in [1.29, 1.82) is 0 Å². The first-order chi connectivity index (χ1) is 11.3. The molecule has 2 heterocycles. The molecule has 122 valence electrons. The van der Waals surface area contributed by atoms with E-state index in [0.717, 1.165) is 49.7 Å². The standard InChI is InChI=1S/C17H23N5O/c1-2-18-17(23)22-10-8-21(9-11-22)13-15-12-16(20-19-15)14-6-4-3-5-7-14/h3-7,12H,2,8-11,13H2,1H3,(H,18,23)(H,19,20). The van der Waals surface area contributed by atoms with Crippen molar-refractivity contribution >= 4 is 6.03 Å². The van der Waals surface area contributed by atoms with Crippen molar-refractivity contribution in [3.8, 4) is 11.3 Å². The fraction of sp³-hybridized carbons (Fsp3) is 0.412. The minimum Gasteiger partial charge on any atom is -0.338 e. The van der Waals surface area contributed by atoms with Gasteiger partial charge < -0.3 is 10.2 Å². The van der Waals surface area contributed by atoms with Crippen LogP contribution in [0.15, 0.2) is 36.4 Å². The molecule has 6 heteroatoms. The van der Waals surface area contributed by atoms with Gasteiger partial charge in [0.15, 0.2) is 0 Å². The molecule has 0 saturated carbocycles. The number of piperazine rings is 1. The quantitative estimate of drug-likeness (QED) is 0.906. The number of carbonyl (C=O) groups is 1. The Morgan fingerprint density at radius 1 is 1.22 bits per heavy atom. The van der Waals surface area contributed by atoms with E-state index in [0.29, 0.717) is 6.54 Å². The third-order valence-electron chi connectivity index (χ3n) is 4.08. The summed E-state index contributed by atoms with van der Waals surface area (Å²) in [7, 11) is 0. The zero-order valence-electron chi connectivity index (χ0n) is 13.5. The second-order valence-electron chi connectivity index (χ2n) is 5.74. The summed E-state index contributed by atoms with van der Waals surface area (Å²) in [6.07, 6.45) is 0. The number of carbonyl (C=O) groups excluding carboxylic acids is 1. The SMILES string of the molecule is CCNC(=O)N1CCN(Cc2cc(-c3ccccc3)n[nH]2)CC1. The third kappa shape index (κ3) is 3.90. The number of rotatable bonds is 4. The van der Waals surface area contributed by atoms with Crippen LogP contribution in [0.1, 0.15) is 12.6 Å². The minimum absolute atomic E-state index is 0.0417. The summed E-state index contributed by atoms with van der Waals surface area (Å²) in [5, 5.41) is 10.4. The second-order valence-corrected chi connectivity index (χ2v) is 5.74. The minimum atomic E-state index is 0.0417. The molecular formula is C17H23N5O. The molecule has 0 aliphatic carbocycles. The molecule has 1 saturated heterocycles. The van der Waals surface area contributed by atoms with Gasteiger partial charge in [0.05, 0.1) is 5.69 Å². The smallest absolute Gasteiger partial charge is 0.317 e. The number of benzene rings is 1. The van der Waals surface area contributed by atoms with Crippen molar-refractivity contribution in [2.75, 3.05) is 32.7 Å². The molecule has 2 amide bonds. The number of hydrogen-bond acceptors (Lipinski definition) is 3. The van der Waals surface area contributed by atoms with Gasteiger partial charge in [-0.25, -0.2) is 4.79 Å². The molecule has 6 nitrogen and oxygen atoms in total. The van der Waals surface area contributed by atoms with Crippen LogP contribution in [0.2, 0.25) is 0 Å². The lowest BCUT2D eigenvalue weighted by Gasteiger charge is -2.34. The molecule has 0 radical (unpaired) electrons. The molecule has 0 spiro atoms. The summed E-state index contributed by atoms with van der Waals surface area (Å²) in [4.78, 5) is 16.0. The highest BCUT2D eigenvalue weighted by Crippen LogP contribution is 2.18. The molecule has 1 fully saturated rings. The van der Waals surface area contributed by atoms with Crippen LogP contribution in [0, 0.1) is 0 Å². The van der Waals surface area contributed by atoms with E-state index in [4.69, 9.17) is 0 Å². The summed E-state index contributed by atoms with van der Waals surface area (Å²) < 4.78 is 0. The van der Waals surface area contributed by atoms with E-state index in [-0.39, 0.29) is 6.03 Å². The second kappa shape index (κ2) is 7.28. The van der Waals surface area contributed by atoms with Crippen LogP contribution in [-0.4, -0.2) is 58.8 Å². The zero-order chi connectivity index (χ0) is 16.1. The maximum atomic E-state index is 11.8. The summed E-state index contributed by atoms with van der Waals surface area (Å²) in [5.41, 5.74) is 3.20. The van der Waals surface area contributed by atoms with Crippen molar-refractivity contribution in [2.45, 2.75) is 13.5 Å². The third-order valence-corrected chi connectivity index (χ3v) is 4.08. The highest BCUT2D eigenvalue weighted by atomic mass is 16.2. The van der Waals surface area contributed by atoms with Crippen LogP contribution in [0.5, 0.6) is 0 Å². The first kappa shape index (κ1) is 15.6. The Morgan fingerprint density at radius 2 is 1.96 bits per heavy atom. The fourth-order valence-electron chi connectivity index (χ4n) is 2.81. The Hall–Kier alpha value is -2.34. The lowest BCUT2D eigenvalue weighted by atomic mass is 10.1. The van der Waals surface area contributed by atoms with Crippen molar-refractivity contribution in [1.82, 2.24) is 25.3 Å². The highest BCUT2D eigenvalue weighted by Gasteiger charge is 2.21. The van der Waals surface area contributed by atoms with E-state index >= 15 is 0 Å². The first-order valence-electron chi connectivity index (χ1n) is 8.11. The molecule has 23 heavy (non-hydrogen) atoms. The van der Waals surface area contributed by atoms with Gasteiger partial charge in [-0.1, -0.05) is 30.3 Å². The maximum absolute atomic E-state index is 11.8. The summed E-state index contributed by atoms with van der Waals surface area (Å²) in [6.45, 7) is 6.76. The largest absolute Gasteiger partial charge is 0.338 e. The lowest BCUT2D eigenvalue weighted by molar-refractivity contribution is 0.135. The Balaban J connectivity index is 1.53. The van der Waals surface area contributed by atoms with Gasteiger partial charge in [-0.15, -0.1) is 0 Å². The molecule has 0 atom stereocenters. The molecule has 3 rings (SSSR count). The molecular weight excluding hydrogens is 290 g/mol. The van der Waals surface area contributed by atoms with Crippen molar-refractivity contribution in [2.24, 2.45) is 0 Å². The van der Waals surface area contributed by atoms with Gasteiger partial charge in [-0.3, -0.25) is 10.00 Å². The van der Waals surface area contributed by atoms with Crippen LogP contribution in [-0.2, 0) is 6.54 Å². The molecule has 0 unspecified atom stereocenters. The molecule has 1 aliphatic heterocycles. The molecule has 1 aromatic heterocycles. The zero-order valence-corrected chi connectivity index (χ0v) is 13.5. The van der Waals surface area contributed by atoms with E-state index in [1.165, 1.54) is 0 Å². The molecule has 2 N–H and O–H groups in total. The monoisotopic (exact) mass is 313 g/mol. The number of aromatic amines is 1. The number of H-pyrrole nitrogens is 1. The average Bonchev–Trinajstić information content (AvgIpc) is 3.05. The van der Waals surface area contributed by atoms with Gasteiger partial charge in [0.1, 0.15) is 0 Å². The summed E-state index contributed by atoms with van der Waals surface area (Å²) in [5.74, 6) is 0. The van der Waals surface area contributed by atoms with E-state index in [1.807, 2.05) is 30.0 Å². The number of amides is 2. The Labute approximate surface area is 136 Å². The average molecular weight is 313 g/mol. The van der Waals surface area contributed by atoms with E-state index in [1.54, 1.807) is 0 Å². The van der Waals surface area contributed by atoms with Crippen LogP contribution in [0.3, 0.4) is 0 Å². The number of nitrogens with one attached hydrogen (secondary N) is 2. The topological polar surface area (TPSA) is 64.3 Å². The van der Waals surface area contributed by atoms with Crippen molar-refractivity contribution in [3.05, 3.63) is 42.1 Å². The van der Waals surface area contributed by atoms with Crippen LogP contribution < -0.4 is 5.32 Å². The van der Waals surface area contributed by atoms with Gasteiger partial charge in [-0.05, 0) is 13.0 Å². The first-order valence-corrected chi connectivity index (χ1v) is 8.11. The van der Waals surface area contributed by atoms with Gasteiger partial charge >= 0.3 is 6.03 Å². The van der Waals surface area contributed by atoms with Crippen LogP contribution in [0.25, 0.3) is 11.3 Å². The molecule has 0 bridgehead atoms. The molecule has 1 aliphatic rings. The number of hydrogen-bond donors (Lipinski definition) is 2.